The molecule has 1 amide bonds. The molecule has 0 fully saturated rings. The van der Waals surface area contributed by atoms with Crippen LogP contribution in [-0.4, -0.2) is 26.4 Å². The molecule has 0 spiro atoms. The highest BCUT2D eigenvalue weighted by Crippen LogP contribution is 2.37. The van der Waals surface area contributed by atoms with Crippen molar-refractivity contribution in [2.45, 2.75) is 25.0 Å². The Labute approximate surface area is 174 Å². The van der Waals surface area contributed by atoms with Crippen LogP contribution in [0, 0.1) is 0 Å². The molecule has 9 heteroatoms. The number of fused-ring (bicyclic) bond motifs is 1. The van der Waals surface area contributed by atoms with Gasteiger partial charge in [-0.2, -0.15) is 4.98 Å². The van der Waals surface area contributed by atoms with Crippen LogP contribution < -0.4 is 10.6 Å². The minimum absolute atomic E-state index is 0.223. The minimum Gasteiger partial charge on any atom is -0.452 e. The van der Waals surface area contributed by atoms with Gasteiger partial charge < -0.3 is 15.1 Å². The van der Waals surface area contributed by atoms with Crippen LogP contribution in [-0.2, 0) is 4.79 Å². The molecule has 144 valence electrons. The van der Waals surface area contributed by atoms with Crippen LogP contribution in [0.2, 0.25) is 0 Å². The van der Waals surface area contributed by atoms with E-state index < -0.39 is 6.04 Å². The van der Waals surface area contributed by atoms with Gasteiger partial charge >= 0.3 is 0 Å². The SMILES string of the molecule is CCSc1nc2n(n1)C(c1ccc(Br)o1)C(C(=O)Nc1ccccc1)=C(C)N2. The molecule has 0 aliphatic carbocycles. The van der Waals surface area contributed by atoms with E-state index in [2.05, 4.69) is 36.6 Å². The van der Waals surface area contributed by atoms with Crippen molar-refractivity contribution in [3.63, 3.8) is 0 Å². The third-order valence-electron chi connectivity index (χ3n) is 4.25. The van der Waals surface area contributed by atoms with Crippen molar-refractivity contribution in [3.8, 4) is 0 Å². The Morgan fingerprint density at radius 2 is 2.11 bits per heavy atom. The number of para-hydroxylation sites is 1. The van der Waals surface area contributed by atoms with Crippen molar-refractivity contribution in [2.24, 2.45) is 0 Å². The van der Waals surface area contributed by atoms with Crippen LogP contribution in [0.3, 0.4) is 0 Å². The number of anilines is 2. The Morgan fingerprint density at radius 3 is 2.79 bits per heavy atom. The van der Waals surface area contributed by atoms with Crippen molar-refractivity contribution in [1.82, 2.24) is 14.8 Å². The summed E-state index contributed by atoms with van der Waals surface area (Å²) in [4.78, 5) is 17.7. The number of furan rings is 1. The minimum atomic E-state index is -0.523. The number of allylic oxidation sites excluding steroid dienone is 1. The van der Waals surface area contributed by atoms with Crippen molar-refractivity contribution >= 4 is 45.2 Å². The molecule has 1 aliphatic heterocycles. The fourth-order valence-electron chi connectivity index (χ4n) is 3.07. The number of benzene rings is 1. The van der Waals surface area contributed by atoms with Gasteiger partial charge in [-0.15, -0.1) is 5.10 Å². The van der Waals surface area contributed by atoms with E-state index in [0.29, 0.717) is 32.8 Å². The van der Waals surface area contributed by atoms with Crippen molar-refractivity contribution in [3.05, 3.63) is 64.2 Å². The zero-order valence-corrected chi connectivity index (χ0v) is 17.7. The second-order valence-corrected chi connectivity index (χ2v) is 8.14. The van der Waals surface area contributed by atoms with E-state index in [1.54, 1.807) is 22.5 Å². The average Bonchev–Trinajstić information content (AvgIpc) is 3.27. The van der Waals surface area contributed by atoms with Gasteiger partial charge in [-0.3, -0.25) is 4.79 Å². The van der Waals surface area contributed by atoms with Crippen LogP contribution in [0.15, 0.2) is 68.0 Å². The molecule has 1 unspecified atom stereocenters. The molecule has 3 aromatic rings. The smallest absolute Gasteiger partial charge is 0.256 e. The van der Waals surface area contributed by atoms with Crippen LogP contribution >= 0.6 is 27.7 Å². The normalized spacial score (nSPS) is 15.9. The van der Waals surface area contributed by atoms with Gasteiger partial charge in [0.15, 0.2) is 4.67 Å². The number of halogens is 1. The fraction of sp³-hybridized carbons (Fsp3) is 0.211. The summed E-state index contributed by atoms with van der Waals surface area (Å²) in [6.07, 6.45) is 0. The fourth-order valence-corrected chi connectivity index (χ4v) is 3.95. The monoisotopic (exact) mass is 459 g/mol. The van der Waals surface area contributed by atoms with Crippen molar-refractivity contribution in [2.75, 3.05) is 16.4 Å². The highest BCUT2D eigenvalue weighted by atomic mass is 79.9. The predicted molar refractivity (Wildman–Crippen MR) is 112 cm³/mol. The number of hydrogen-bond acceptors (Lipinski definition) is 6. The molecule has 1 atom stereocenters. The van der Waals surface area contributed by atoms with E-state index in [-0.39, 0.29) is 5.91 Å². The van der Waals surface area contributed by atoms with Gasteiger partial charge in [-0.1, -0.05) is 36.9 Å². The number of carbonyl (C=O) groups is 1. The molecular weight excluding hydrogens is 442 g/mol. The maximum Gasteiger partial charge on any atom is 0.256 e. The molecule has 7 nitrogen and oxygen atoms in total. The molecule has 1 aromatic carbocycles. The molecule has 4 rings (SSSR count). The Bertz CT molecular complexity index is 1040. The van der Waals surface area contributed by atoms with Crippen LogP contribution in [0.4, 0.5) is 11.6 Å². The quantitative estimate of drug-likeness (QED) is 0.539. The summed E-state index contributed by atoms with van der Waals surface area (Å²) in [5.74, 6) is 1.82. The van der Waals surface area contributed by atoms with E-state index in [1.165, 1.54) is 0 Å². The first-order chi connectivity index (χ1) is 13.6. The Morgan fingerprint density at radius 1 is 1.32 bits per heavy atom. The topological polar surface area (TPSA) is 85.0 Å². The standard InChI is InChI=1S/C19H18BrN5O2S/c1-3-28-19-23-18-21-11(2)15(17(26)22-12-7-5-4-6-8-12)16(25(18)24-19)13-9-10-14(20)27-13/h4-10,16H,3H2,1-2H3,(H,22,26)(H,21,23,24). The highest BCUT2D eigenvalue weighted by Gasteiger charge is 2.36. The Hall–Kier alpha value is -2.52. The first-order valence-corrected chi connectivity index (χ1v) is 10.5. The molecule has 3 heterocycles. The van der Waals surface area contributed by atoms with Crippen molar-refractivity contribution < 1.29 is 9.21 Å². The summed E-state index contributed by atoms with van der Waals surface area (Å²) < 4.78 is 8.10. The Balaban J connectivity index is 1.77. The highest BCUT2D eigenvalue weighted by molar-refractivity contribution is 9.10. The van der Waals surface area contributed by atoms with E-state index in [4.69, 9.17) is 4.42 Å². The summed E-state index contributed by atoms with van der Waals surface area (Å²) in [6.45, 7) is 3.90. The van der Waals surface area contributed by atoms with E-state index >= 15 is 0 Å². The third-order valence-corrected chi connectivity index (χ3v) is 5.39. The van der Waals surface area contributed by atoms with E-state index in [9.17, 15) is 4.79 Å². The van der Waals surface area contributed by atoms with Gasteiger partial charge in [0.25, 0.3) is 5.91 Å². The van der Waals surface area contributed by atoms with Gasteiger partial charge in [0, 0.05) is 11.4 Å². The number of carbonyl (C=O) groups excluding carboxylic acids is 1. The lowest BCUT2D eigenvalue weighted by Gasteiger charge is -2.27. The van der Waals surface area contributed by atoms with Gasteiger partial charge in [0.05, 0.1) is 5.57 Å². The number of aromatic nitrogens is 3. The maximum atomic E-state index is 13.2. The lowest BCUT2D eigenvalue weighted by atomic mass is 10.00. The average molecular weight is 460 g/mol. The van der Waals surface area contributed by atoms with Crippen molar-refractivity contribution in [1.29, 1.82) is 0 Å². The van der Waals surface area contributed by atoms with Crippen LogP contribution in [0.25, 0.3) is 0 Å². The number of amides is 1. The summed E-state index contributed by atoms with van der Waals surface area (Å²) in [5.41, 5.74) is 1.95. The molecule has 0 radical (unpaired) electrons. The van der Waals surface area contributed by atoms with Gasteiger partial charge in [-0.25, -0.2) is 4.68 Å². The molecule has 0 saturated heterocycles. The largest absolute Gasteiger partial charge is 0.452 e. The molecule has 2 aromatic heterocycles. The number of nitrogens with zero attached hydrogens (tertiary/aromatic N) is 3. The van der Waals surface area contributed by atoms with E-state index in [0.717, 1.165) is 11.4 Å². The third kappa shape index (κ3) is 3.59. The summed E-state index contributed by atoms with van der Waals surface area (Å²) in [7, 11) is 0. The first-order valence-electron chi connectivity index (χ1n) is 8.75. The van der Waals surface area contributed by atoms with Gasteiger partial charge in [0.1, 0.15) is 11.8 Å². The predicted octanol–water partition coefficient (Wildman–Crippen LogP) is 4.67. The molecule has 2 N–H and O–H groups in total. The lowest BCUT2D eigenvalue weighted by Crippen LogP contribution is -2.31. The first kappa shape index (κ1) is 18.8. The maximum absolute atomic E-state index is 13.2. The number of nitrogens with one attached hydrogen (secondary N) is 2. The van der Waals surface area contributed by atoms with Crippen LogP contribution in [0.5, 0.6) is 0 Å². The van der Waals surface area contributed by atoms with Gasteiger partial charge in [-0.05, 0) is 52.9 Å². The summed E-state index contributed by atoms with van der Waals surface area (Å²) in [6, 6.07) is 12.5. The molecule has 28 heavy (non-hydrogen) atoms. The molecule has 0 bridgehead atoms. The zero-order chi connectivity index (χ0) is 19.7. The lowest BCUT2D eigenvalue weighted by molar-refractivity contribution is -0.113. The molecular formula is C19H18BrN5O2S. The Kier molecular flexibility index (Phi) is 5.27. The molecule has 1 aliphatic rings. The van der Waals surface area contributed by atoms with E-state index in [1.807, 2.05) is 50.2 Å². The number of rotatable bonds is 5. The number of hydrogen-bond donors (Lipinski definition) is 2. The summed E-state index contributed by atoms with van der Waals surface area (Å²) in [5, 5.41) is 11.4. The second kappa shape index (κ2) is 7.84. The number of thioether (sulfide) groups is 1. The van der Waals surface area contributed by atoms with Gasteiger partial charge in [0.2, 0.25) is 11.1 Å². The summed E-state index contributed by atoms with van der Waals surface area (Å²) >= 11 is 4.89. The molecule has 0 saturated carbocycles. The second-order valence-electron chi connectivity index (χ2n) is 6.12. The van der Waals surface area contributed by atoms with Crippen LogP contribution in [0.1, 0.15) is 25.6 Å². The zero-order valence-electron chi connectivity index (χ0n) is 15.3.